The minimum absolute atomic E-state index is 0.0204. The van der Waals surface area contributed by atoms with Crippen molar-refractivity contribution in [2.24, 2.45) is 29.1 Å². The van der Waals surface area contributed by atoms with Gasteiger partial charge in [0.1, 0.15) is 17.5 Å². The van der Waals surface area contributed by atoms with Crippen LogP contribution in [0.15, 0.2) is 42.6 Å². The molecule has 2 aliphatic carbocycles. The molecule has 0 unspecified atom stereocenters. The number of esters is 1. The minimum Gasteiger partial charge on any atom is -0.494 e. The highest BCUT2D eigenvalue weighted by molar-refractivity contribution is 7.91. The van der Waals surface area contributed by atoms with Crippen LogP contribution in [0.2, 0.25) is 0 Å². The SMILES string of the molecule is COC[C@@H]1C[C@H](C)CC/C=C\[C@@H]2C[C@@]2(C(=O)NS(=O)(=O)C2(C)CC2)CC(=O)[C@@H]2C[C@@H](Oc3ncc(OC)c4ccccc34)CN2C(=O)[C@H]1CC(=O)OC(C)(C)C. The van der Waals surface area contributed by atoms with Gasteiger partial charge in [-0.15, -0.1) is 0 Å². The molecule has 7 atom stereocenters. The lowest BCUT2D eigenvalue weighted by Crippen LogP contribution is -2.48. The van der Waals surface area contributed by atoms with Crippen LogP contribution in [-0.2, 0) is 38.7 Å². The molecular weight excluding hydrogens is 739 g/mol. The van der Waals surface area contributed by atoms with Gasteiger partial charge in [0.15, 0.2) is 5.78 Å². The molecule has 56 heavy (non-hydrogen) atoms. The van der Waals surface area contributed by atoms with Gasteiger partial charge in [-0.3, -0.25) is 23.9 Å². The van der Waals surface area contributed by atoms with Crippen LogP contribution in [0, 0.1) is 29.1 Å². The Morgan fingerprint density at radius 3 is 2.45 bits per heavy atom. The molecule has 0 spiro atoms. The zero-order valence-electron chi connectivity index (χ0n) is 33.7. The lowest BCUT2D eigenvalue weighted by Gasteiger charge is -2.33. The fraction of sp³-hybridized carbons (Fsp3) is 0.643. The third-order valence-electron chi connectivity index (χ3n) is 12.0. The first kappa shape index (κ1) is 41.6. The first-order valence-corrected chi connectivity index (χ1v) is 21.2. The summed E-state index contributed by atoms with van der Waals surface area (Å²) >= 11 is 0. The number of nitrogens with one attached hydrogen (secondary N) is 1. The van der Waals surface area contributed by atoms with Crippen molar-refractivity contribution in [2.75, 3.05) is 27.4 Å². The summed E-state index contributed by atoms with van der Waals surface area (Å²) in [6, 6.07) is 6.47. The van der Waals surface area contributed by atoms with Crippen molar-refractivity contribution in [1.29, 1.82) is 0 Å². The second-order valence-electron chi connectivity index (χ2n) is 17.6. The number of allylic oxidation sites excluding steroid dienone is 2. The van der Waals surface area contributed by atoms with Crippen molar-refractivity contribution in [3.8, 4) is 11.6 Å². The van der Waals surface area contributed by atoms with E-state index in [0.29, 0.717) is 49.1 Å². The molecule has 1 saturated heterocycles. The van der Waals surface area contributed by atoms with Crippen molar-refractivity contribution in [3.63, 3.8) is 0 Å². The Hall–Kier alpha value is -4.04. The number of ketones is 1. The van der Waals surface area contributed by atoms with E-state index < -0.39 is 61.6 Å². The molecule has 4 aliphatic rings. The Bertz CT molecular complexity index is 1970. The maximum Gasteiger partial charge on any atom is 0.307 e. The first-order valence-electron chi connectivity index (χ1n) is 19.8. The molecule has 14 heteroatoms. The number of hydrogen-bond acceptors (Lipinski definition) is 11. The van der Waals surface area contributed by atoms with E-state index in [1.807, 2.05) is 36.4 Å². The summed E-state index contributed by atoms with van der Waals surface area (Å²) in [5.74, 6) is -2.57. The highest BCUT2D eigenvalue weighted by Gasteiger charge is 2.62. The Morgan fingerprint density at radius 1 is 1.07 bits per heavy atom. The average Bonchev–Trinajstić information content (AvgIpc) is 4.01. The van der Waals surface area contributed by atoms with Gasteiger partial charge in [-0.25, -0.2) is 13.4 Å². The van der Waals surface area contributed by atoms with Gasteiger partial charge in [0.05, 0.1) is 48.4 Å². The number of nitrogens with zero attached hydrogens (tertiary/aromatic N) is 2. The zero-order chi connectivity index (χ0) is 40.6. The van der Waals surface area contributed by atoms with Gasteiger partial charge in [0.2, 0.25) is 27.7 Å². The minimum atomic E-state index is -3.96. The number of Topliss-reactive ketones (excluding diaryl/α,β-unsaturated/α-hetero) is 1. The van der Waals surface area contributed by atoms with Crippen LogP contribution in [0.1, 0.15) is 92.4 Å². The molecule has 6 rings (SSSR count). The van der Waals surface area contributed by atoms with Crippen LogP contribution in [-0.4, -0.2) is 91.7 Å². The fourth-order valence-electron chi connectivity index (χ4n) is 8.41. The largest absolute Gasteiger partial charge is 0.494 e. The predicted octanol–water partition coefficient (Wildman–Crippen LogP) is 5.54. The van der Waals surface area contributed by atoms with Crippen LogP contribution < -0.4 is 14.2 Å². The highest BCUT2D eigenvalue weighted by atomic mass is 32.2. The van der Waals surface area contributed by atoms with Gasteiger partial charge in [0.25, 0.3) is 0 Å². The van der Waals surface area contributed by atoms with Crippen molar-refractivity contribution >= 4 is 44.4 Å². The van der Waals surface area contributed by atoms with E-state index in [2.05, 4.69) is 16.6 Å². The number of benzene rings is 1. The van der Waals surface area contributed by atoms with Crippen molar-refractivity contribution in [1.82, 2.24) is 14.6 Å². The fourth-order valence-corrected chi connectivity index (χ4v) is 9.74. The number of carbonyl (C=O) groups is 4. The molecule has 3 fully saturated rings. The van der Waals surface area contributed by atoms with Gasteiger partial charge in [0, 0.05) is 37.3 Å². The maximum atomic E-state index is 15.1. The van der Waals surface area contributed by atoms with Crippen LogP contribution in [0.3, 0.4) is 0 Å². The third-order valence-corrected chi connectivity index (χ3v) is 14.2. The smallest absolute Gasteiger partial charge is 0.307 e. The molecule has 2 amide bonds. The molecule has 2 aromatic rings. The van der Waals surface area contributed by atoms with Gasteiger partial charge in [-0.1, -0.05) is 37.3 Å². The Labute approximate surface area is 330 Å². The first-order chi connectivity index (χ1) is 26.4. The number of pyridine rings is 1. The normalized spacial score (nSPS) is 29.9. The molecule has 3 heterocycles. The van der Waals surface area contributed by atoms with Gasteiger partial charge in [-0.2, -0.15) is 0 Å². The van der Waals surface area contributed by atoms with Crippen LogP contribution >= 0.6 is 0 Å². The number of aromatic nitrogens is 1. The van der Waals surface area contributed by atoms with Crippen LogP contribution in [0.5, 0.6) is 11.6 Å². The standard InChI is InChI=1S/C42H57N3O10S/c1-26-12-8-9-13-28-21-42(28,39(49)44-56(50,51)41(5)16-17-41)22-34(46)33-19-29(54-37-31-15-11-10-14-30(31)35(53-7)23-43-37)24-45(33)38(48)32(27(18-26)25-52-6)20-36(47)55-40(2,3)4/h9-11,13-15,23,26-29,32-33H,8,12,16-22,24-25H2,1-7H3,(H,44,49)/b13-9-/t26-,27+,28-,29-,32+,33+,42-/m1/s1. The summed E-state index contributed by atoms with van der Waals surface area (Å²) in [4.78, 5) is 63.3. The summed E-state index contributed by atoms with van der Waals surface area (Å²) in [6.07, 6.45) is 7.72. The quantitative estimate of drug-likeness (QED) is 0.237. The Kier molecular flexibility index (Phi) is 11.9. The Morgan fingerprint density at radius 2 is 1.79 bits per heavy atom. The second-order valence-corrected chi connectivity index (χ2v) is 19.8. The van der Waals surface area contributed by atoms with Gasteiger partial charge in [-0.05, 0) is 90.0 Å². The van der Waals surface area contributed by atoms with Crippen molar-refractivity contribution in [3.05, 3.63) is 42.6 Å². The molecule has 306 valence electrons. The molecule has 1 N–H and O–H groups in total. The lowest BCUT2D eigenvalue weighted by atomic mass is 9.81. The molecule has 0 radical (unpaired) electrons. The van der Waals surface area contributed by atoms with E-state index in [1.165, 1.54) is 4.90 Å². The Balaban J connectivity index is 1.38. The summed E-state index contributed by atoms with van der Waals surface area (Å²) in [6.45, 7) is 9.26. The van der Waals surface area contributed by atoms with Crippen LogP contribution in [0.4, 0.5) is 0 Å². The zero-order valence-corrected chi connectivity index (χ0v) is 34.5. The molecule has 0 bridgehead atoms. The number of amides is 2. The van der Waals surface area contributed by atoms with E-state index in [-0.39, 0.29) is 56.0 Å². The number of fused-ring (bicyclic) bond motifs is 3. The monoisotopic (exact) mass is 795 g/mol. The molecule has 1 aromatic carbocycles. The van der Waals surface area contributed by atoms with Crippen molar-refractivity contribution in [2.45, 2.75) is 115 Å². The molecular formula is C42H57N3O10S. The summed E-state index contributed by atoms with van der Waals surface area (Å²) in [5.41, 5.74) is -2.07. The summed E-state index contributed by atoms with van der Waals surface area (Å²) in [5, 5.41) is 1.48. The number of carbonyl (C=O) groups excluding carboxylic acids is 4. The van der Waals surface area contributed by atoms with E-state index in [0.717, 1.165) is 11.8 Å². The topological polar surface area (TPSA) is 167 Å². The van der Waals surface area contributed by atoms with Crippen molar-refractivity contribution < 1.29 is 46.5 Å². The number of ether oxygens (including phenoxy) is 4. The second kappa shape index (κ2) is 16.1. The number of methoxy groups -OCH3 is 2. The summed E-state index contributed by atoms with van der Waals surface area (Å²) in [7, 11) is -0.839. The molecule has 2 saturated carbocycles. The molecule has 13 nitrogen and oxygen atoms in total. The predicted molar refractivity (Wildman–Crippen MR) is 209 cm³/mol. The number of hydrogen-bond donors (Lipinski definition) is 1. The van der Waals surface area contributed by atoms with Crippen LogP contribution in [0.25, 0.3) is 10.8 Å². The lowest BCUT2D eigenvalue weighted by molar-refractivity contribution is -0.160. The maximum absolute atomic E-state index is 15.1. The summed E-state index contributed by atoms with van der Waals surface area (Å²) < 4.78 is 51.3. The van der Waals surface area contributed by atoms with Gasteiger partial charge < -0.3 is 23.8 Å². The van der Waals surface area contributed by atoms with Gasteiger partial charge >= 0.3 is 5.97 Å². The highest BCUT2D eigenvalue weighted by Crippen LogP contribution is 2.58. The average molecular weight is 796 g/mol. The molecule has 2 aliphatic heterocycles. The number of sulfonamides is 1. The number of rotatable bonds is 10. The van der Waals surface area contributed by atoms with E-state index in [9.17, 15) is 22.8 Å². The third kappa shape index (κ3) is 8.91. The van der Waals surface area contributed by atoms with E-state index in [4.69, 9.17) is 18.9 Å². The molecule has 1 aromatic heterocycles. The van der Waals surface area contributed by atoms with E-state index in [1.54, 1.807) is 48.1 Å². The van der Waals surface area contributed by atoms with E-state index >= 15 is 4.79 Å².